The molecule has 1 fully saturated rings. The second-order valence-corrected chi connectivity index (χ2v) is 8.80. The van der Waals surface area contributed by atoms with Gasteiger partial charge in [0.25, 0.3) is 0 Å². The normalized spacial score (nSPS) is 16.3. The molecule has 1 aromatic carbocycles. The van der Waals surface area contributed by atoms with Gasteiger partial charge in [0.05, 0.1) is 13.2 Å². The van der Waals surface area contributed by atoms with Gasteiger partial charge >= 0.3 is 0 Å². The van der Waals surface area contributed by atoms with Crippen molar-refractivity contribution in [2.45, 2.75) is 31.6 Å². The monoisotopic (exact) mass is 388 g/mol. The second-order valence-electron chi connectivity index (χ2n) is 6.35. The zero-order valence-corrected chi connectivity index (χ0v) is 16.4. The first-order chi connectivity index (χ1) is 11.8. The van der Waals surface area contributed by atoms with Crippen molar-refractivity contribution >= 4 is 27.5 Å². The number of likely N-dealkylation sites (tertiary alicyclic amines) is 1. The SMILES string of the molecule is CCOc1ccc(Cl)cc1S(=O)(=O)N(C)CC(=O)N1CCC(C)CC1. The maximum atomic E-state index is 12.9. The fourth-order valence-corrected chi connectivity index (χ4v) is 4.27. The van der Waals surface area contributed by atoms with Gasteiger partial charge in [-0.2, -0.15) is 4.31 Å². The smallest absolute Gasteiger partial charge is 0.247 e. The summed E-state index contributed by atoms with van der Waals surface area (Å²) < 4.78 is 32.2. The van der Waals surface area contributed by atoms with Gasteiger partial charge < -0.3 is 9.64 Å². The van der Waals surface area contributed by atoms with Gasteiger partial charge in [-0.25, -0.2) is 8.42 Å². The van der Waals surface area contributed by atoms with Crippen LogP contribution in [-0.2, 0) is 14.8 Å². The highest BCUT2D eigenvalue weighted by atomic mass is 35.5. The third-order valence-corrected chi connectivity index (χ3v) is 6.45. The average Bonchev–Trinajstić information content (AvgIpc) is 2.57. The molecule has 0 spiro atoms. The van der Waals surface area contributed by atoms with Crippen molar-refractivity contribution in [3.8, 4) is 5.75 Å². The molecule has 1 aromatic rings. The lowest BCUT2D eigenvalue weighted by molar-refractivity contribution is -0.132. The van der Waals surface area contributed by atoms with Crippen molar-refractivity contribution in [2.75, 3.05) is 33.3 Å². The van der Waals surface area contributed by atoms with E-state index in [4.69, 9.17) is 16.3 Å². The van der Waals surface area contributed by atoms with Crippen LogP contribution in [0.5, 0.6) is 5.75 Å². The lowest BCUT2D eigenvalue weighted by atomic mass is 9.99. The quantitative estimate of drug-likeness (QED) is 0.751. The molecule has 1 aliphatic rings. The van der Waals surface area contributed by atoms with Crippen LogP contribution < -0.4 is 4.74 Å². The van der Waals surface area contributed by atoms with Gasteiger partial charge in [0.1, 0.15) is 10.6 Å². The summed E-state index contributed by atoms with van der Waals surface area (Å²) in [6, 6.07) is 4.46. The number of piperidine rings is 1. The Kier molecular flexibility index (Phi) is 6.71. The molecule has 1 heterocycles. The number of amides is 1. The van der Waals surface area contributed by atoms with Gasteiger partial charge in [-0.3, -0.25) is 4.79 Å². The van der Waals surface area contributed by atoms with Crippen LogP contribution >= 0.6 is 11.6 Å². The molecule has 0 aromatic heterocycles. The first kappa shape index (κ1) is 20.0. The molecule has 1 aliphatic heterocycles. The highest BCUT2D eigenvalue weighted by Gasteiger charge is 2.29. The molecule has 2 rings (SSSR count). The molecule has 25 heavy (non-hydrogen) atoms. The molecule has 1 amide bonds. The van der Waals surface area contributed by atoms with Crippen LogP contribution in [0.4, 0.5) is 0 Å². The highest BCUT2D eigenvalue weighted by Crippen LogP contribution is 2.29. The number of hydrogen-bond acceptors (Lipinski definition) is 4. The molecule has 0 bridgehead atoms. The molecule has 0 radical (unpaired) electrons. The highest BCUT2D eigenvalue weighted by molar-refractivity contribution is 7.89. The molecule has 140 valence electrons. The minimum absolute atomic E-state index is 0.0237. The van der Waals surface area contributed by atoms with Crippen molar-refractivity contribution in [2.24, 2.45) is 5.92 Å². The topological polar surface area (TPSA) is 66.9 Å². The number of likely N-dealkylation sites (N-methyl/N-ethyl adjacent to an activating group) is 1. The van der Waals surface area contributed by atoms with E-state index in [0.717, 1.165) is 17.1 Å². The summed E-state index contributed by atoms with van der Waals surface area (Å²) in [6.07, 6.45) is 1.90. The molecule has 1 saturated heterocycles. The van der Waals surface area contributed by atoms with Gasteiger partial charge in [-0.15, -0.1) is 0 Å². The molecule has 0 unspecified atom stereocenters. The number of carbonyl (C=O) groups excluding carboxylic acids is 1. The third kappa shape index (κ3) is 4.86. The van der Waals surface area contributed by atoms with Crippen LogP contribution in [0.1, 0.15) is 26.7 Å². The first-order valence-corrected chi connectivity index (χ1v) is 10.2. The lowest BCUT2D eigenvalue weighted by Crippen LogP contribution is -2.44. The predicted octanol–water partition coefficient (Wildman–Crippen LogP) is 2.62. The minimum atomic E-state index is -3.88. The van der Waals surface area contributed by atoms with E-state index >= 15 is 0 Å². The standard InChI is InChI=1S/C17H25ClN2O4S/c1-4-24-15-6-5-14(18)11-16(15)25(22,23)19(3)12-17(21)20-9-7-13(2)8-10-20/h5-6,11,13H,4,7-10,12H2,1-3H3. The summed E-state index contributed by atoms with van der Waals surface area (Å²) >= 11 is 5.96. The van der Waals surface area contributed by atoms with Gasteiger partial charge in [0.15, 0.2) is 0 Å². The summed E-state index contributed by atoms with van der Waals surface area (Å²) in [5.41, 5.74) is 0. The van der Waals surface area contributed by atoms with Crippen LogP contribution in [0.25, 0.3) is 0 Å². The van der Waals surface area contributed by atoms with Gasteiger partial charge in [0.2, 0.25) is 15.9 Å². The number of ether oxygens (including phenoxy) is 1. The van der Waals surface area contributed by atoms with Crippen LogP contribution in [0, 0.1) is 5.92 Å². The predicted molar refractivity (Wildman–Crippen MR) is 97.4 cm³/mol. The van der Waals surface area contributed by atoms with Gasteiger partial charge in [0, 0.05) is 25.2 Å². The van der Waals surface area contributed by atoms with Crippen LogP contribution in [0.2, 0.25) is 5.02 Å². The van der Waals surface area contributed by atoms with Crippen molar-refractivity contribution in [3.05, 3.63) is 23.2 Å². The zero-order chi connectivity index (χ0) is 18.6. The fraction of sp³-hybridized carbons (Fsp3) is 0.588. The molecule has 0 aliphatic carbocycles. The van der Waals surface area contributed by atoms with E-state index in [-0.39, 0.29) is 23.1 Å². The number of hydrogen-bond donors (Lipinski definition) is 0. The minimum Gasteiger partial charge on any atom is -0.492 e. The zero-order valence-electron chi connectivity index (χ0n) is 14.9. The summed E-state index contributed by atoms with van der Waals surface area (Å²) in [7, 11) is -2.48. The Morgan fingerprint density at radius 3 is 2.60 bits per heavy atom. The Hall–Kier alpha value is -1.31. The number of nitrogens with zero attached hydrogens (tertiary/aromatic N) is 2. The van der Waals surface area contributed by atoms with E-state index in [0.29, 0.717) is 30.6 Å². The lowest BCUT2D eigenvalue weighted by Gasteiger charge is -2.31. The maximum absolute atomic E-state index is 12.9. The summed E-state index contributed by atoms with van der Waals surface area (Å²) in [6.45, 7) is 5.42. The number of rotatable bonds is 6. The number of benzene rings is 1. The van der Waals surface area contributed by atoms with E-state index < -0.39 is 10.0 Å². The van der Waals surface area contributed by atoms with Crippen molar-refractivity contribution in [3.63, 3.8) is 0 Å². The Morgan fingerprint density at radius 2 is 2.00 bits per heavy atom. The average molecular weight is 389 g/mol. The number of sulfonamides is 1. The van der Waals surface area contributed by atoms with Crippen LogP contribution in [-0.4, -0.2) is 56.8 Å². The van der Waals surface area contributed by atoms with Gasteiger partial charge in [-0.1, -0.05) is 18.5 Å². The number of carbonyl (C=O) groups is 1. The van der Waals surface area contributed by atoms with Crippen molar-refractivity contribution in [1.29, 1.82) is 0 Å². The molecule has 0 saturated carbocycles. The second kappa shape index (κ2) is 8.38. The molecular weight excluding hydrogens is 364 g/mol. The Bertz CT molecular complexity index is 715. The molecule has 0 N–H and O–H groups in total. The van der Waals surface area contributed by atoms with E-state index in [2.05, 4.69) is 6.92 Å². The van der Waals surface area contributed by atoms with Crippen LogP contribution in [0.3, 0.4) is 0 Å². The number of halogens is 1. The van der Waals surface area contributed by atoms with E-state index in [9.17, 15) is 13.2 Å². The van der Waals surface area contributed by atoms with Crippen molar-refractivity contribution < 1.29 is 17.9 Å². The summed E-state index contributed by atoms with van der Waals surface area (Å²) in [5, 5.41) is 0.298. The van der Waals surface area contributed by atoms with E-state index in [1.165, 1.54) is 19.2 Å². The fourth-order valence-electron chi connectivity index (χ4n) is 2.76. The largest absolute Gasteiger partial charge is 0.492 e. The van der Waals surface area contributed by atoms with E-state index in [1.807, 2.05) is 0 Å². The molecular formula is C17H25ClN2O4S. The Balaban J connectivity index is 2.16. The van der Waals surface area contributed by atoms with Crippen molar-refractivity contribution in [1.82, 2.24) is 9.21 Å². The van der Waals surface area contributed by atoms with Crippen LogP contribution in [0.15, 0.2) is 23.1 Å². The molecule has 6 nitrogen and oxygen atoms in total. The molecule has 8 heteroatoms. The summed E-state index contributed by atoms with van der Waals surface area (Å²) in [5.74, 6) is 0.654. The first-order valence-electron chi connectivity index (χ1n) is 8.42. The Morgan fingerprint density at radius 1 is 1.36 bits per heavy atom. The Labute approximate surface area is 154 Å². The van der Waals surface area contributed by atoms with Gasteiger partial charge in [-0.05, 0) is 43.9 Å². The summed E-state index contributed by atoms with van der Waals surface area (Å²) in [4.78, 5) is 14.1. The maximum Gasteiger partial charge on any atom is 0.247 e. The third-order valence-electron chi connectivity index (χ3n) is 4.39. The van der Waals surface area contributed by atoms with E-state index in [1.54, 1.807) is 17.9 Å². The molecule has 0 atom stereocenters.